The van der Waals surface area contributed by atoms with Gasteiger partial charge in [0.2, 0.25) is 9.97 Å². The number of methoxy groups -OCH3 is 2. The van der Waals surface area contributed by atoms with Crippen LogP contribution in [0.1, 0.15) is 20.9 Å². The quantitative estimate of drug-likeness (QED) is 0.714. The fourth-order valence-corrected chi connectivity index (χ4v) is 3.63. The van der Waals surface area contributed by atoms with E-state index >= 15 is 0 Å². The predicted octanol–water partition coefficient (Wildman–Crippen LogP) is 1.40. The van der Waals surface area contributed by atoms with Crippen LogP contribution < -0.4 is 9.47 Å². The zero-order valence-electron chi connectivity index (χ0n) is 13.2. The van der Waals surface area contributed by atoms with E-state index in [4.69, 9.17) is 9.47 Å². The molecule has 24 heavy (non-hydrogen) atoms. The SMILES string of the molecule is COc1cc2c(cc1OC)CN(C(=O)c1nn3cnnc3s1)CC2. The molecule has 0 saturated carbocycles. The maximum Gasteiger partial charge on any atom is 0.285 e. The Kier molecular flexibility index (Phi) is 3.57. The summed E-state index contributed by atoms with van der Waals surface area (Å²) in [6.45, 7) is 1.16. The Morgan fingerprint density at radius 2 is 1.96 bits per heavy atom. The van der Waals surface area contributed by atoms with Gasteiger partial charge in [-0.15, -0.1) is 15.3 Å². The molecule has 1 aliphatic heterocycles. The van der Waals surface area contributed by atoms with Crippen molar-refractivity contribution >= 4 is 22.2 Å². The lowest BCUT2D eigenvalue weighted by molar-refractivity contribution is 0.0733. The highest BCUT2D eigenvalue weighted by atomic mass is 32.1. The van der Waals surface area contributed by atoms with Gasteiger partial charge >= 0.3 is 0 Å². The summed E-state index contributed by atoms with van der Waals surface area (Å²) in [6, 6.07) is 3.92. The van der Waals surface area contributed by atoms with Crippen molar-refractivity contribution < 1.29 is 14.3 Å². The fraction of sp³-hybridized carbons (Fsp3) is 0.333. The van der Waals surface area contributed by atoms with E-state index in [2.05, 4.69) is 15.3 Å². The number of aromatic nitrogens is 4. The molecule has 0 bridgehead atoms. The molecule has 1 aliphatic rings. The molecule has 1 amide bonds. The average molecular weight is 345 g/mol. The van der Waals surface area contributed by atoms with Gasteiger partial charge in [-0.05, 0) is 29.7 Å². The van der Waals surface area contributed by atoms with Crippen molar-refractivity contribution in [3.05, 3.63) is 34.6 Å². The van der Waals surface area contributed by atoms with E-state index in [-0.39, 0.29) is 5.91 Å². The summed E-state index contributed by atoms with van der Waals surface area (Å²) < 4.78 is 12.2. The van der Waals surface area contributed by atoms with Crippen molar-refractivity contribution in [3.63, 3.8) is 0 Å². The van der Waals surface area contributed by atoms with Crippen molar-refractivity contribution in [1.82, 2.24) is 24.7 Å². The van der Waals surface area contributed by atoms with E-state index in [1.807, 2.05) is 12.1 Å². The van der Waals surface area contributed by atoms with Crippen LogP contribution in [0.3, 0.4) is 0 Å². The monoisotopic (exact) mass is 345 g/mol. The summed E-state index contributed by atoms with van der Waals surface area (Å²) >= 11 is 1.24. The van der Waals surface area contributed by atoms with Crippen LogP contribution in [-0.2, 0) is 13.0 Å². The van der Waals surface area contributed by atoms with E-state index in [0.717, 1.165) is 12.0 Å². The fourth-order valence-electron chi connectivity index (χ4n) is 2.84. The third-order valence-electron chi connectivity index (χ3n) is 4.08. The molecule has 3 heterocycles. The van der Waals surface area contributed by atoms with Crippen LogP contribution in [0.5, 0.6) is 11.5 Å². The highest BCUT2D eigenvalue weighted by Gasteiger charge is 2.26. The van der Waals surface area contributed by atoms with Gasteiger partial charge in [0.05, 0.1) is 14.2 Å². The molecule has 4 rings (SSSR count). The van der Waals surface area contributed by atoms with Gasteiger partial charge in [-0.1, -0.05) is 11.3 Å². The first-order valence-corrected chi connectivity index (χ1v) is 8.21. The molecule has 9 heteroatoms. The molecule has 0 spiro atoms. The summed E-state index contributed by atoms with van der Waals surface area (Å²) in [5.41, 5.74) is 2.24. The third kappa shape index (κ3) is 2.37. The molecular weight excluding hydrogens is 330 g/mol. The molecule has 0 aliphatic carbocycles. The molecule has 1 aromatic carbocycles. The summed E-state index contributed by atoms with van der Waals surface area (Å²) in [7, 11) is 3.23. The second kappa shape index (κ2) is 5.75. The molecule has 124 valence electrons. The standard InChI is InChI=1S/C15H15N5O3S/c1-22-11-5-9-3-4-19(7-10(9)6-12(11)23-2)14(21)13-18-20-8-16-17-15(20)24-13/h5-6,8H,3-4,7H2,1-2H3. The number of carbonyl (C=O) groups excluding carboxylic acids is 1. The van der Waals surface area contributed by atoms with Crippen molar-refractivity contribution in [3.8, 4) is 11.5 Å². The number of nitrogens with zero attached hydrogens (tertiary/aromatic N) is 5. The Morgan fingerprint density at radius 1 is 1.21 bits per heavy atom. The van der Waals surface area contributed by atoms with Gasteiger partial charge in [-0.25, -0.2) is 0 Å². The lowest BCUT2D eigenvalue weighted by Gasteiger charge is -2.28. The third-order valence-corrected chi connectivity index (χ3v) is 4.98. The van der Waals surface area contributed by atoms with Gasteiger partial charge in [-0.3, -0.25) is 4.79 Å². The van der Waals surface area contributed by atoms with E-state index in [1.165, 1.54) is 27.7 Å². The number of ether oxygens (including phenoxy) is 2. The summed E-state index contributed by atoms with van der Waals surface area (Å²) in [4.78, 5) is 15.1. The Labute approximate surface area is 141 Å². The molecule has 0 fully saturated rings. The van der Waals surface area contributed by atoms with Crippen molar-refractivity contribution in [2.75, 3.05) is 20.8 Å². The number of rotatable bonds is 3. The van der Waals surface area contributed by atoms with Crippen LogP contribution in [0.4, 0.5) is 0 Å². The molecule has 0 saturated heterocycles. The van der Waals surface area contributed by atoms with Crippen LogP contribution in [0, 0.1) is 0 Å². The van der Waals surface area contributed by atoms with E-state index in [1.54, 1.807) is 19.1 Å². The Hall–Kier alpha value is -2.68. The normalized spacial score (nSPS) is 13.8. The largest absolute Gasteiger partial charge is 0.493 e. The predicted molar refractivity (Wildman–Crippen MR) is 86.6 cm³/mol. The molecule has 2 aromatic heterocycles. The minimum absolute atomic E-state index is 0.0917. The number of carbonyl (C=O) groups is 1. The maximum atomic E-state index is 12.7. The summed E-state index contributed by atoms with van der Waals surface area (Å²) in [5, 5.41) is 12.3. The van der Waals surface area contributed by atoms with Crippen LogP contribution in [0.25, 0.3) is 4.96 Å². The summed E-state index contributed by atoms with van der Waals surface area (Å²) in [6.07, 6.45) is 2.26. The minimum atomic E-state index is -0.0917. The second-order valence-electron chi connectivity index (χ2n) is 5.42. The molecule has 0 N–H and O–H groups in total. The van der Waals surface area contributed by atoms with Crippen LogP contribution in [0.15, 0.2) is 18.5 Å². The first-order chi connectivity index (χ1) is 11.7. The molecule has 3 aromatic rings. The minimum Gasteiger partial charge on any atom is -0.493 e. The maximum absolute atomic E-state index is 12.7. The lowest BCUT2D eigenvalue weighted by atomic mass is 9.99. The Balaban J connectivity index is 1.61. The number of hydrogen-bond donors (Lipinski definition) is 0. The smallest absolute Gasteiger partial charge is 0.285 e. The zero-order valence-corrected chi connectivity index (χ0v) is 14.0. The van der Waals surface area contributed by atoms with Gasteiger partial charge in [0, 0.05) is 13.1 Å². The van der Waals surface area contributed by atoms with E-state index in [9.17, 15) is 4.79 Å². The molecule has 8 nitrogen and oxygen atoms in total. The van der Waals surface area contributed by atoms with Crippen molar-refractivity contribution in [2.45, 2.75) is 13.0 Å². The topological polar surface area (TPSA) is 81.9 Å². The number of amides is 1. The van der Waals surface area contributed by atoms with E-state index < -0.39 is 0 Å². The highest BCUT2D eigenvalue weighted by molar-refractivity contribution is 7.18. The highest BCUT2D eigenvalue weighted by Crippen LogP contribution is 2.33. The molecule has 0 unspecified atom stereocenters. The number of hydrogen-bond acceptors (Lipinski definition) is 7. The van der Waals surface area contributed by atoms with Crippen LogP contribution in [0.2, 0.25) is 0 Å². The molecule has 0 atom stereocenters. The summed E-state index contributed by atoms with van der Waals surface area (Å²) in [5.74, 6) is 1.29. The van der Waals surface area contributed by atoms with E-state index in [0.29, 0.717) is 34.6 Å². The van der Waals surface area contributed by atoms with Crippen molar-refractivity contribution in [1.29, 1.82) is 0 Å². The lowest BCUT2D eigenvalue weighted by Crippen LogP contribution is -2.36. The van der Waals surface area contributed by atoms with Gasteiger partial charge in [0.1, 0.15) is 6.33 Å². The number of fused-ring (bicyclic) bond motifs is 2. The zero-order chi connectivity index (χ0) is 16.7. The average Bonchev–Trinajstić information content (AvgIpc) is 3.21. The van der Waals surface area contributed by atoms with Crippen molar-refractivity contribution in [2.24, 2.45) is 0 Å². The molecule has 0 radical (unpaired) electrons. The second-order valence-corrected chi connectivity index (χ2v) is 6.37. The Morgan fingerprint density at radius 3 is 2.67 bits per heavy atom. The van der Waals surface area contributed by atoms with Gasteiger partial charge in [-0.2, -0.15) is 4.52 Å². The van der Waals surface area contributed by atoms with Gasteiger partial charge in [0.15, 0.2) is 11.5 Å². The molecular formula is C15H15N5O3S. The Bertz CT molecular complexity index is 891. The number of benzene rings is 1. The first-order valence-electron chi connectivity index (χ1n) is 7.39. The van der Waals surface area contributed by atoms with Gasteiger partial charge < -0.3 is 14.4 Å². The van der Waals surface area contributed by atoms with Crippen LogP contribution in [-0.4, -0.2) is 51.4 Å². The van der Waals surface area contributed by atoms with Gasteiger partial charge in [0.25, 0.3) is 5.91 Å². The van der Waals surface area contributed by atoms with Crippen LogP contribution >= 0.6 is 11.3 Å². The first kappa shape index (κ1) is 14.9.